The second-order valence-electron chi connectivity index (χ2n) is 5.57. The van der Waals surface area contributed by atoms with Crippen molar-refractivity contribution in [2.24, 2.45) is 5.92 Å². The molecule has 112 valence electrons. The molecule has 1 aliphatic heterocycles. The second kappa shape index (κ2) is 6.87. The van der Waals surface area contributed by atoms with Crippen LogP contribution in [0.1, 0.15) is 24.2 Å². The van der Waals surface area contributed by atoms with Crippen LogP contribution >= 0.6 is 11.6 Å². The number of nitriles is 1. The fourth-order valence-electron chi connectivity index (χ4n) is 2.72. The molecule has 0 saturated carbocycles. The van der Waals surface area contributed by atoms with Crippen molar-refractivity contribution in [1.29, 1.82) is 5.26 Å². The Kier molecular flexibility index (Phi) is 4.67. The lowest BCUT2D eigenvalue weighted by molar-refractivity contribution is 0.525. The van der Waals surface area contributed by atoms with E-state index in [0.717, 1.165) is 48.9 Å². The molecular weight excluding hydrogens is 296 g/mol. The Morgan fingerprint density at radius 2 is 2.14 bits per heavy atom. The van der Waals surface area contributed by atoms with Crippen LogP contribution in [0, 0.1) is 17.2 Å². The third-order valence-electron chi connectivity index (χ3n) is 4.02. The molecule has 4 nitrogen and oxygen atoms in total. The van der Waals surface area contributed by atoms with Gasteiger partial charge in [-0.15, -0.1) is 0 Å². The summed E-state index contributed by atoms with van der Waals surface area (Å²) >= 11 is 6.23. The Morgan fingerprint density at radius 3 is 2.82 bits per heavy atom. The van der Waals surface area contributed by atoms with Gasteiger partial charge in [0.05, 0.1) is 22.3 Å². The molecule has 5 heteroatoms. The summed E-state index contributed by atoms with van der Waals surface area (Å²) in [5.41, 5.74) is 2.28. The molecule has 0 aliphatic carbocycles. The zero-order valence-electron chi connectivity index (χ0n) is 12.2. The number of hydrogen-bond acceptors (Lipinski definition) is 4. The van der Waals surface area contributed by atoms with Gasteiger partial charge in [-0.2, -0.15) is 5.26 Å². The maximum Gasteiger partial charge on any atom is 0.129 e. The molecular formula is C17H17ClN4. The van der Waals surface area contributed by atoms with Gasteiger partial charge < -0.3 is 5.32 Å². The van der Waals surface area contributed by atoms with Crippen molar-refractivity contribution in [3.63, 3.8) is 0 Å². The standard InChI is InChI=1S/C17H17ClN4/c18-15-11-21-16(6-3-13-7-8-20-10-13)22-17(15)14-4-1-12(9-19)2-5-14/h1-2,4-5,11,13,20H,3,6-8,10H2/t13-/m0/s1. The number of benzene rings is 1. The number of aryl methyl sites for hydroxylation is 1. The quantitative estimate of drug-likeness (QED) is 0.941. The van der Waals surface area contributed by atoms with Gasteiger partial charge in [0.2, 0.25) is 0 Å². The molecule has 0 bridgehead atoms. The van der Waals surface area contributed by atoms with Crippen molar-refractivity contribution in [1.82, 2.24) is 15.3 Å². The van der Waals surface area contributed by atoms with Crippen molar-refractivity contribution < 1.29 is 0 Å². The van der Waals surface area contributed by atoms with Crippen LogP contribution in [0.25, 0.3) is 11.3 Å². The Labute approximate surface area is 135 Å². The van der Waals surface area contributed by atoms with Crippen molar-refractivity contribution in [2.45, 2.75) is 19.3 Å². The van der Waals surface area contributed by atoms with Crippen LogP contribution in [-0.4, -0.2) is 23.1 Å². The molecule has 0 spiro atoms. The summed E-state index contributed by atoms with van der Waals surface area (Å²) < 4.78 is 0. The normalized spacial score (nSPS) is 17.4. The third-order valence-corrected chi connectivity index (χ3v) is 4.30. The summed E-state index contributed by atoms with van der Waals surface area (Å²) in [5, 5.41) is 12.8. The van der Waals surface area contributed by atoms with Gasteiger partial charge in [-0.25, -0.2) is 9.97 Å². The van der Waals surface area contributed by atoms with Crippen molar-refractivity contribution in [3.05, 3.63) is 46.9 Å². The van der Waals surface area contributed by atoms with Crippen molar-refractivity contribution in [3.8, 4) is 17.3 Å². The van der Waals surface area contributed by atoms with Crippen LogP contribution in [0.2, 0.25) is 5.02 Å². The second-order valence-corrected chi connectivity index (χ2v) is 5.98. The zero-order valence-corrected chi connectivity index (χ0v) is 13.0. The molecule has 1 aliphatic rings. The molecule has 1 N–H and O–H groups in total. The number of rotatable bonds is 4. The number of nitrogens with one attached hydrogen (secondary N) is 1. The zero-order chi connectivity index (χ0) is 15.4. The Morgan fingerprint density at radius 1 is 1.32 bits per heavy atom. The van der Waals surface area contributed by atoms with E-state index in [9.17, 15) is 0 Å². The molecule has 1 fully saturated rings. The van der Waals surface area contributed by atoms with Crippen molar-refractivity contribution in [2.75, 3.05) is 13.1 Å². The van der Waals surface area contributed by atoms with Gasteiger partial charge in [0, 0.05) is 18.2 Å². The van der Waals surface area contributed by atoms with E-state index < -0.39 is 0 Å². The predicted octanol–water partition coefficient (Wildman–Crippen LogP) is 3.21. The highest BCUT2D eigenvalue weighted by molar-refractivity contribution is 6.32. The lowest BCUT2D eigenvalue weighted by atomic mass is 10.0. The van der Waals surface area contributed by atoms with Crippen LogP contribution in [0.3, 0.4) is 0 Å². The lowest BCUT2D eigenvalue weighted by Crippen LogP contribution is -2.10. The number of hydrogen-bond donors (Lipinski definition) is 1. The average Bonchev–Trinajstić information content (AvgIpc) is 3.08. The largest absolute Gasteiger partial charge is 0.316 e. The first-order valence-corrected chi connectivity index (χ1v) is 7.87. The van der Waals surface area contributed by atoms with E-state index in [-0.39, 0.29) is 0 Å². The van der Waals surface area contributed by atoms with E-state index in [1.165, 1.54) is 6.42 Å². The highest BCUT2D eigenvalue weighted by atomic mass is 35.5. The predicted molar refractivity (Wildman–Crippen MR) is 86.5 cm³/mol. The minimum atomic E-state index is 0.538. The van der Waals surface area contributed by atoms with E-state index in [1.54, 1.807) is 18.3 Å². The van der Waals surface area contributed by atoms with Crippen molar-refractivity contribution >= 4 is 11.6 Å². The van der Waals surface area contributed by atoms with Crippen LogP contribution < -0.4 is 5.32 Å². The number of halogens is 1. The van der Waals surface area contributed by atoms with E-state index in [0.29, 0.717) is 10.6 Å². The molecule has 22 heavy (non-hydrogen) atoms. The fourth-order valence-corrected chi connectivity index (χ4v) is 2.92. The van der Waals surface area contributed by atoms with E-state index in [1.807, 2.05) is 12.1 Å². The van der Waals surface area contributed by atoms with Gasteiger partial charge >= 0.3 is 0 Å². The fraction of sp³-hybridized carbons (Fsp3) is 0.353. The molecule has 1 saturated heterocycles. The first kappa shape index (κ1) is 15.0. The Bertz CT molecular complexity index is 685. The molecule has 2 heterocycles. The molecule has 3 rings (SSSR count). The number of nitrogens with zero attached hydrogens (tertiary/aromatic N) is 3. The third kappa shape index (κ3) is 3.44. The van der Waals surface area contributed by atoms with Crippen LogP contribution in [0.15, 0.2) is 30.5 Å². The van der Waals surface area contributed by atoms with Crippen LogP contribution in [0.5, 0.6) is 0 Å². The average molecular weight is 313 g/mol. The molecule has 0 unspecified atom stereocenters. The van der Waals surface area contributed by atoms with E-state index >= 15 is 0 Å². The minimum absolute atomic E-state index is 0.538. The van der Waals surface area contributed by atoms with E-state index in [2.05, 4.69) is 21.4 Å². The maximum atomic E-state index is 8.86. The van der Waals surface area contributed by atoms with Gasteiger partial charge in [0.15, 0.2) is 0 Å². The molecule has 1 aromatic carbocycles. The van der Waals surface area contributed by atoms with Gasteiger partial charge in [0.1, 0.15) is 5.82 Å². The Balaban J connectivity index is 1.78. The summed E-state index contributed by atoms with van der Waals surface area (Å²) in [6, 6.07) is 9.41. The summed E-state index contributed by atoms with van der Waals surface area (Å²) in [4.78, 5) is 8.96. The molecule has 2 aromatic rings. The van der Waals surface area contributed by atoms with Gasteiger partial charge in [0.25, 0.3) is 0 Å². The van der Waals surface area contributed by atoms with Gasteiger partial charge in [-0.1, -0.05) is 23.7 Å². The lowest BCUT2D eigenvalue weighted by Gasteiger charge is -2.09. The monoisotopic (exact) mass is 312 g/mol. The Hall–Kier alpha value is -1.96. The molecule has 1 atom stereocenters. The highest BCUT2D eigenvalue weighted by Crippen LogP contribution is 2.26. The number of aromatic nitrogens is 2. The molecule has 0 radical (unpaired) electrons. The summed E-state index contributed by atoms with van der Waals surface area (Å²) in [6.07, 6.45) is 4.87. The van der Waals surface area contributed by atoms with Crippen LogP contribution in [0.4, 0.5) is 0 Å². The maximum absolute atomic E-state index is 8.86. The van der Waals surface area contributed by atoms with Gasteiger partial charge in [-0.05, 0) is 44.0 Å². The summed E-state index contributed by atoms with van der Waals surface area (Å²) in [6.45, 7) is 2.21. The highest BCUT2D eigenvalue weighted by Gasteiger charge is 2.15. The SMILES string of the molecule is N#Cc1ccc(-c2nc(CC[C@H]3CCNC3)ncc2Cl)cc1. The first-order valence-electron chi connectivity index (χ1n) is 7.49. The summed E-state index contributed by atoms with van der Waals surface area (Å²) in [7, 11) is 0. The van der Waals surface area contributed by atoms with Crippen LogP contribution in [-0.2, 0) is 6.42 Å². The summed E-state index contributed by atoms with van der Waals surface area (Å²) in [5.74, 6) is 1.55. The minimum Gasteiger partial charge on any atom is -0.316 e. The molecule has 0 amide bonds. The molecule has 1 aromatic heterocycles. The van der Waals surface area contributed by atoms with Gasteiger partial charge in [-0.3, -0.25) is 0 Å². The van der Waals surface area contributed by atoms with E-state index in [4.69, 9.17) is 16.9 Å². The topological polar surface area (TPSA) is 61.6 Å². The first-order chi connectivity index (χ1) is 10.8. The smallest absolute Gasteiger partial charge is 0.129 e.